The third-order valence-electron chi connectivity index (χ3n) is 6.39. The minimum absolute atomic E-state index is 0.116. The average Bonchev–Trinajstić information content (AvgIpc) is 3.35. The zero-order chi connectivity index (χ0) is 23.8. The van der Waals surface area contributed by atoms with E-state index in [-0.39, 0.29) is 18.1 Å². The molecule has 0 radical (unpaired) electrons. The molecule has 0 unspecified atom stereocenters. The van der Waals surface area contributed by atoms with Gasteiger partial charge in [-0.05, 0) is 50.1 Å². The Hall–Kier alpha value is -4.00. The van der Waals surface area contributed by atoms with Gasteiger partial charge < -0.3 is 15.1 Å². The number of aryl methyl sites for hydroxylation is 1. The van der Waals surface area contributed by atoms with Crippen LogP contribution in [0.1, 0.15) is 48.5 Å². The first-order chi connectivity index (χ1) is 16.4. The lowest BCUT2D eigenvalue weighted by atomic mass is 9.72. The summed E-state index contributed by atoms with van der Waals surface area (Å²) in [5, 5.41) is 6.09. The molecule has 2 atom stereocenters. The smallest absolute Gasteiger partial charge is 0.255 e. The molecule has 0 saturated carbocycles. The largest absolute Gasteiger partial charge is 0.469 e. The standard InChI is InChI=1S/C27H24FN3O3/c1-15-9-10-23(29-14-15)31-27(33)24-16(2)30-20-12-17(22-8-5-11-34-22)13-21(32)26(20)25(24)18-6-3-4-7-19(18)28/h3-11,14,17,25,30H,12-13H2,1-2H3,(H,29,31,33)/t17-,25-/m1/s1. The molecule has 1 aliphatic carbocycles. The van der Waals surface area contributed by atoms with E-state index < -0.39 is 17.6 Å². The molecule has 1 aliphatic heterocycles. The number of nitrogens with zero attached hydrogens (tertiary/aromatic N) is 1. The number of allylic oxidation sites excluding steroid dienone is 3. The van der Waals surface area contributed by atoms with Crippen LogP contribution in [-0.4, -0.2) is 16.7 Å². The second-order valence-corrected chi connectivity index (χ2v) is 8.73. The Balaban J connectivity index is 1.57. The van der Waals surface area contributed by atoms with Gasteiger partial charge in [0.2, 0.25) is 0 Å². The zero-order valence-electron chi connectivity index (χ0n) is 18.9. The molecular weight excluding hydrogens is 433 g/mol. The van der Waals surface area contributed by atoms with Gasteiger partial charge in [-0.25, -0.2) is 9.37 Å². The highest BCUT2D eigenvalue weighted by molar-refractivity contribution is 6.09. The van der Waals surface area contributed by atoms with Crippen molar-refractivity contribution >= 4 is 17.5 Å². The molecule has 2 aliphatic rings. The molecule has 3 heterocycles. The summed E-state index contributed by atoms with van der Waals surface area (Å²) < 4.78 is 20.6. The lowest BCUT2D eigenvalue weighted by molar-refractivity contribution is -0.116. The molecule has 5 rings (SSSR count). The number of hydrogen-bond donors (Lipinski definition) is 2. The third-order valence-corrected chi connectivity index (χ3v) is 6.39. The summed E-state index contributed by atoms with van der Waals surface area (Å²) in [7, 11) is 0. The first-order valence-electron chi connectivity index (χ1n) is 11.2. The van der Waals surface area contributed by atoms with Crippen molar-refractivity contribution in [1.82, 2.24) is 10.3 Å². The number of anilines is 1. The van der Waals surface area contributed by atoms with Crippen LogP contribution in [0.2, 0.25) is 0 Å². The SMILES string of the molecule is CC1=C(C(=O)Nc2ccc(C)cn2)[C@@H](c2ccccc2F)C2=C(C[C@@H](c3ccco3)CC2=O)N1. The number of rotatable bonds is 4. The molecule has 6 nitrogen and oxygen atoms in total. The highest BCUT2D eigenvalue weighted by Gasteiger charge is 2.42. The van der Waals surface area contributed by atoms with E-state index in [4.69, 9.17) is 4.42 Å². The van der Waals surface area contributed by atoms with Gasteiger partial charge in [0.05, 0.1) is 6.26 Å². The number of nitrogens with one attached hydrogen (secondary N) is 2. The molecule has 2 aromatic heterocycles. The number of amides is 1. The topological polar surface area (TPSA) is 84.2 Å². The van der Waals surface area contributed by atoms with Crippen molar-refractivity contribution in [2.75, 3.05) is 5.32 Å². The number of furan rings is 1. The van der Waals surface area contributed by atoms with Gasteiger partial charge in [-0.15, -0.1) is 0 Å². The van der Waals surface area contributed by atoms with Gasteiger partial charge in [0, 0.05) is 52.6 Å². The Kier molecular flexibility index (Phi) is 5.61. The van der Waals surface area contributed by atoms with Gasteiger partial charge in [-0.2, -0.15) is 0 Å². The zero-order valence-corrected chi connectivity index (χ0v) is 18.9. The van der Waals surface area contributed by atoms with E-state index >= 15 is 4.39 Å². The van der Waals surface area contributed by atoms with Crippen molar-refractivity contribution in [2.24, 2.45) is 0 Å². The molecule has 0 saturated heterocycles. The van der Waals surface area contributed by atoms with Gasteiger partial charge in [0.1, 0.15) is 17.4 Å². The van der Waals surface area contributed by atoms with Crippen LogP contribution in [-0.2, 0) is 9.59 Å². The normalized spacial score (nSPS) is 20.1. The minimum atomic E-state index is -0.826. The van der Waals surface area contributed by atoms with E-state index in [1.54, 1.807) is 49.7 Å². The first kappa shape index (κ1) is 21.8. The number of carbonyl (C=O) groups excluding carboxylic acids is 2. The van der Waals surface area contributed by atoms with E-state index in [9.17, 15) is 9.59 Å². The molecule has 2 N–H and O–H groups in total. The van der Waals surface area contributed by atoms with E-state index in [1.165, 1.54) is 6.07 Å². The predicted molar refractivity (Wildman–Crippen MR) is 125 cm³/mol. The van der Waals surface area contributed by atoms with Gasteiger partial charge in [0.15, 0.2) is 5.78 Å². The summed E-state index contributed by atoms with van der Waals surface area (Å²) in [6.07, 6.45) is 4.01. The Morgan fingerprint density at radius 2 is 1.94 bits per heavy atom. The van der Waals surface area contributed by atoms with Gasteiger partial charge in [0.25, 0.3) is 5.91 Å². The fourth-order valence-electron chi connectivity index (χ4n) is 4.81. The molecule has 34 heavy (non-hydrogen) atoms. The van der Waals surface area contributed by atoms with Crippen LogP contribution < -0.4 is 10.6 Å². The average molecular weight is 458 g/mol. The second kappa shape index (κ2) is 8.74. The van der Waals surface area contributed by atoms with Crippen LogP contribution in [0.15, 0.2) is 87.9 Å². The van der Waals surface area contributed by atoms with Crippen LogP contribution in [0.25, 0.3) is 0 Å². The van der Waals surface area contributed by atoms with Gasteiger partial charge in [-0.1, -0.05) is 24.3 Å². The maximum Gasteiger partial charge on any atom is 0.255 e. The van der Waals surface area contributed by atoms with Crippen molar-refractivity contribution in [3.05, 3.63) is 106 Å². The lowest BCUT2D eigenvalue weighted by Gasteiger charge is -2.36. The number of halogens is 1. The lowest BCUT2D eigenvalue weighted by Crippen LogP contribution is -2.37. The van der Waals surface area contributed by atoms with Gasteiger partial charge in [-0.3, -0.25) is 9.59 Å². The summed E-state index contributed by atoms with van der Waals surface area (Å²) in [5.74, 6) is -0.843. The second-order valence-electron chi connectivity index (χ2n) is 8.73. The monoisotopic (exact) mass is 457 g/mol. The number of carbonyl (C=O) groups is 2. The quantitative estimate of drug-likeness (QED) is 0.568. The molecule has 0 spiro atoms. The van der Waals surface area contributed by atoms with Crippen molar-refractivity contribution in [1.29, 1.82) is 0 Å². The fraction of sp³-hybridized carbons (Fsp3) is 0.222. The Bertz CT molecular complexity index is 1320. The number of benzene rings is 1. The number of pyridine rings is 1. The summed E-state index contributed by atoms with van der Waals surface area (Å²) >= 11 is 0. The number of ketones is 1. The molecule has 7 heteroatoms. The van der Waals surface area contributed by atoms with Crippen LogP contribution in [0.5, 0.6) is 0 Å². The van der Waals surface area contributed by atoms with E-state index in [1.807, 2.05) is 19.1 Å². The van der Waals surface area contributed by atoms with Crippen molar-refractivity contribution in [2.45, 2.75) is 38.5 Å². The number of dihydropyridines is 1. The Morgan fingerprint density at radius 1 is 1.12 bits per heavy atom. The molecule has 1 amide bonds. The predicted octanol–water partition coefficient (Wildman–Crippen LogP) is 5.12. The molecule has 1 aromatic carbocycles. The number of Topliss-reactive ketones (excluding diaryl/α,β-unsaturated/α-hetero) is 1. The molecular formula is C27H24FN3O3. The van der Waals surface area contributed by atoms with Gasteiger partial charge >= 0.3 is 0 Å². The number of aromatic nitrogens is 1. The molecule has 0 bridgehead atoms. The van der Waals surface area contributed by atoms with Crippen LogP contribution in [0.4, 0.5) is 10.2 Å². The van der Waals surface area contributed by atoms with Crippen molar-refractivity contribution in [3.63, 3.8) is 0 Å². The number of hydrogen-bond acceptors (Lipinski definition) is 5. The first-order valence-corrected chi connectivity index (χ1v) is 11.2. The Labute approximate surface area is 196 Å². The van der Waals surface area contributed by atoms with Crippen LogP contribution in [0, 0.1) is 12.7 Å². The maximum atomic E-state index is 15.1. The molecule has 0 fully saturated rings. The van der Waals surface area contributed by atoms with E-state index in [2.05, 4.69) is 15.6 Å². The summed E-state index contributed by atoms with van der Waals surface area (Å²) in [4.78, 5) is 31.2. The minimum Gasteiger partial charge on any atom is -0.469 e. The molecule has 3 aromatic rings. The summed E-state index contributed by atoms with van der Waals surface area (Å²) in [6, 6.07) is 13.5. The van der Waals surface area contributed by atoms with Crippen LogP contribution in [0.3, 0.4) is 0 Å². The highest BCUT2D eigenvalue weighted by atomic mass is 19.1. The third kappa shape index (κ3) is 3.94. The molecule has 172 valence electrons. The summed E-state index contributed by atoms with van der Waals surface area (Å²) in [6.45, 7) is 3.68. The Morgan fingerprint density at radius 3 is 2.65 bits per heavy atom. The van der Waals surface area contributed by atoms with Crippen LogP contribution >= 0.6 is 0 Å². The summed E-state index contributed by atoms with van der Waals surface area (Å²) in [5.41, 5.74) is 3.27. The highest BCUT2D eigenvalue weighted by Crippen LogP contribution is 2.46. The van der Waals surface area contributed by atoms with Crippen molar-refractivity contribution < 1.29 is 18.4 Å². The van der Waals surface area contributed by atoms with E-state index in [0.717, 1.165) is 11.3 Å². The van der Waals surface area contributed by atoms with Crippen molar-refractivity contribution in [3.8, 4) is 0 Å². The maximum absolute atomic E-state index is 15.1. The fourth-order valence-corrected chi connectivity index (χ4v) is 4.81. The van der Waals surface area contributed by atoms with E-state index in [0.29, 0.717) is 40.3 Å².